The molecule has 17 rings (SSSR count). The van der Waals surface area contributed by atoms with Gasteiger partial charge in [0.25, 0.3) is 0 Å². The van der Waals surface area contributed by atoms with E-state index in [1.165, 1.54) is 202 Å². The molecule has 0 amide bonds. The van der Waals surface area contributed by atoms with E-state index in [9.17, 15) is 0 Å². The summed E-state index contributed by atoms with van der Waals surface area (Å²) in [5.41, 5.74) is 16.0. The summed E-state index contributed by atoms with van der Waals surface area (Å²) >= 11 is -0.0439. The van der Waals surface area contributed by atoms with Gasteiger partial charge in [0.2, 0.25) is 0 Å². The third-order valence-corrected chi connectivity index (χ3v) is 21.0. The smallest absolute Gasteiger partial charge is 0.00134 e. The van der Waals surface area contributed by atoms with Crippen LogP contribution in [0.1, 0.15) is 42.5 Å². The van der Waals surface area contributed by atoms with Crippen molar-refractivity contribution in [3.8, 4) is 44.5 Å². The van der Waals surface area contributed by atoms with Gasteiger partial charge in [0.1, 0.15) is 0 Å². The van der Waals surface area contributed by atoms with E-state index in [0.717, 1.165) is 3.92 Å². The van der Waals surface area contributed by atoms with Crippen LogP contribution in [0.4, 0.5) is 0 Å². The molecule has 1 aliphatic carbocycles. The second-order valence-corrected chi connectivity index (χ2v) is 25.9. The Kier molecular flexibility index (Phi) is 7.92. The molecule has 0 nitrogen and oxygen atoms in total. The van der Waals surface area contributed by atoms with E-state index in [0.29, 0.717) is 0 Å². The van der Waals surface area contributed by atoms with Gasteiger partial charge >= 0.3 is 203 Å². The zero-order chi connectivity index (χ0) is 48.4. The van der Waals surface area contributed by atoms with Gasteiger partial charge in [-0.25, -0.2) is 0 Å². The van der Waals surface area contributed by atoms with E-state index < -0.39 is 0 Å². The van der Waals surface area contributed by atoms with E-state index in [1.54, 1.807) is 3.57 Å². The molecule has 16 aromatic carbocycles. The molecule has 0 N–H and O–H groups in total. The molecular formula is C72H48I-. The second-order valence-electron chi connectivity index (χ2n) is 21.9. The summed E-state index contributed by atoms with van der Waals surface area (Å²) in [6.07, 6.45) is 1.24. The minimum atomic E-state index is -0.0439. The number of halogens is 1. The predicted octanol–water partition coefficient (Wildman–Crippen LogP) is 17.5. The van der Waals surface area contributed by atoms with Gasteiger partial charge in [0.15, 0.2) is 0 Å². The average Bonchev–Trinajstić information content (AvgIpc) is 4.09. The molecular weight excluding hydrogens is 992 g/mol. The molecule has 0 spiro atoms. The zero-order valence-corrected chi connectivity index (χ0v) is 43.9. The fourth-order valence-corrected chi connectivity index (χ4v) is 17.1. The summed E-state index contributed by atoms with van der Waals surface area (Å²) in [5, 5.41) is 32.8. The van der Waals surface area contributed by atoms with E-state index >= 15 is 0 Å². The van der Waals surface area contributed by atoms with Gasteiger partial charge in [-0.1, -0.05) is 108 Å². The maximum atomic E-state index is 2.54. The molecule has 73 heavy (non-hydrogen) atoms. The summed E-state index contributed by atoms with van der Waals surface area (Å²) in [6.45, 7) is 13.7. The summed E-state index contributed by atoms with van der Waals surface area (Å²) in [6, 6.07) is 65.6. The Bertz CT molecular complexity index is 4870. The van der Waals surface area contributed by atoms with Gasteiger partial charge < -0.3 is 0 Å². The van der Waals surface area contributed by atoms with Crippen LogP contribution in [0.5, 0.6) is 0 Å². The summed E-state index contributed by atoms with van der Waals surface area (Å²) in [4.78, 5) is 0. The van der Waals surface area contributed by atoms with Crippen molar-refractivity contribution in [3.05, 3.63) is 190 Å². The zero-order valence-electron chi connectivity index (χ0n) is 41.8. The molecule has 1 heteroatoms. The van der Waals surface area contributed by atoms with E-state index in [4.69, 9.17) is 0 Å². The molecule has 0 radical (unpaired) electrons. The first-order valence-corrected chi connectivity index (χ1v) is 28.6. The molecule has 0 saturated carbocycles. The Labute approximate surface area is 433 Å². The van der Waals surface area contributed by atoms with Gasteiger partial charge in [-0.05, 0) is 126 Å². The Morgan fingerprint density at radius 2 is 0.671 bits per heavy atom. The van der Waals surface area contributed by atoms with Gasteiger partial charge in [-0.2, -0.15) is 0 Å². The topological polar surface area (TPSA) is 0 Å². The first-order chi connectivity index (χ1) is 35.7. The van der Waals surface area contributed by atoms with Crippen molar-refractivity contribution in [2.45, 2.75) is 51.9 Å². The summed E-state index contributed by atoms with van der Waals surface area (Å²) in [7, 11) is 0. The molecule has 0 fully saturated rings. The molecule has 0 aromatic heterocycles. The van der Waals surface area contributed by atoms with Crippen molar-refractivity contribution in [1.82, 2.24) is 0 Å². The van der Waals surface area contributed by atoms with Crippen LogP contribution in [0.15, 0.2) is 164 Å². The first kappa shape index (κ1) is 40.9. The van der Waals surface area contributed by atoms with Crippen LogP contribution in [0.25, 0.3) is 174 Å². The van der Waals surface area contributed by atoms with Gasteiger partial charge in [0.05, 0.1) is 0 Å². The number of aryl methyl sites for hydroxylation is 4. The molecule has 0 heterocycles. The average molecular weight is 1040 g/mol. The molecule has 1 unspecified atom stereocenters. The van der Waals surface area contributed by atoms with Crippen LogP contribution in [-0.4, -0.2) is 3.92 Å². The first-order valence-electron chi connectivity index (χ1n) is 26.3. The molecule has 0 saturated heterocycles. The quantitative estimate of drug-likeness (QED) is 0.0697. The molecule has 16 aromatic rings. The minimum absolute atomic E-state index is 0.0439. The minimum Gasteiger partial charge on any atom is -0.00260 e. The third kappa shape index (κ3) is 5.12. The predicted molar refractivity (Wildman–Crippen MR) is 314 cm³/mol. The number of hydrogen-bond donors (Lipinski definition) is 0. The van der Waals surface area contributed by atoms with Crippen molar-refractivity contribution in [3.63, 3.8) is 0 Å². The van der Waals surface area contributed by atoms with E-state index in [1.807, 2.05) is 0 Å². The molecule has 344 valence electrons. The van der Waals surface area contributed by atoms with Gasteiger partial charge in [-0.15, -0.1) is 0 Å². The number of hydrogen-bond acceptors (Lipinski definition) is 0. The van der Waals surface area contributed by atoms with Crippen LogP contribution >= 0.6 is 0 Å². The van der Waals surface area contributed by atoms with Crippen molar-refractivity contribution >= 4 is 129 Å². The third-order valence-electron chi connectivity index (χ3n) is 17.7. The van der Waals surface area contributed by atoms with Crippen molar-refractivity contribution in [1.29, 1.82) is 0 Å². The largest absolute Gasteiger partial charge is 0.00260 e. The second kappa shape index (κ2) is 14.1. The summed E-state index contributed by atoms with van der Waals surface area (Å²) < 4.78 is 2.33. The van der Waals surface area contributed by atoms with Gasteiger partial charge in [0, 0.05) is 0 Å². The SMILES string of the molecule is CCC(C)[I-]c1ccc2c(c1)-c1ccc3c4ccc5c6c(-c7ccc(C)cc7)c7c8ccc9c%10cc(C)cc%11cc(C)cc(c%12ccc(c7c(-c7ccc(C)cc7)c6c6ccc(c7ccc-2c1c73)c4c65)c8c%129)c%11%10. The van der Waals surface area contributed by atoms with Crippen LogP contribution in [0.2, 0.25) is 0 Å². The standard InChI is InChI=1S/C72H48I/c1-7-39(6)73-43-16-17-44-45-18-19-46-48-22-26-53-67-54(27-23-49(65(48)67)47-20-21-50(57(44)34-43)63(45)64(46)47)70-62(41-14-10-36(3)11-15-41)72-56-29-25-52-59-33-38(5)31-42-30-37(4)32-58(60(42)59)51-24-28-55(68(56)66(51)52)71(72)61(69(53)70)40-12-8-35(2)9-13-40/h8-34,39H,7H2,1-6H3/q-1. The number of benzene rings is 14. The molecule has 1 atom stereocenters. The number of rotatable bonds is 5. The van der Waals surface area contributed by atoms with Crippen LogP contribution < -0.4 is 21.2 Å². The number of fused-ring (bicyclic) bond motifs is 13. The van der Waals surface area contributed by atoms with Crippen LogP contribution in [0.3, 0.4) is 0 Å². The van der Waals surface area contributed by atoms with Crippen molar-refractivity contribution in [2.24, 2.45) is 0 Å². The maximum absolute atomic E-state index is 2.54. The van der Waals surface area contributed by atoms with Crippen LogP contribution in [0, 0.1) is 31.3 Å². The van der Waals surface area contributed by atoms with E-state index in [2.05, 4.69) is 205 Å². The molecule has 0 aliphatic heterocycles. The Hall–Kier alpha value is -7.59. The van der Waals surface area contributed by atoms with E-state index in [-0.39, 0.29) is 21.2 Å². The van der Waals surface area contributed by atoms with Crippen LogP contribution in [-0.2, 0) is 0 Å². The Morgan fingerprint density at radius 1 is 0.301 bits per heavy atom. The van der Waals surface area contributed by atoms with Crippen molar-refractivity contribution in [2.75, 3.05) is 0 Å². The maximum Gasteiger partial charge on any atom is -0.00134 e. The Morgan fingerprint density at radius 3 is 1.12 bits per heavy atom. The fraction of sp³-hybridized carbons (Fsp3) is 0.111. The molecule has 1 aliphatic rings. The van der Waals surface area contributed by atoms with Gasteiger partial charge in [-0.3, -0.25) is 0 Å². The summed E-state index contributed by atoms with van der Waals surface area (Å²) in [5.74, 6) is 0. The molecule has 0 bridgehead atoms. The normalized spacial score (nSPS) is 13.5. The van der Waals surface area contributed by atoms with Crippen molar-refractivity contribution < 1.29 is 21.2 Å². The monoisotopic (exact) mass is 1040 g/mol. The number of alkyl halides is 1. The Balaban J connectivity index is 1.06. The fourth-order valence-electron chi connectivity index (χ4n) is 14.5.